The highest BCUT2D eigenvalue weighted by Gasteiger charge is 2.29. The summed E-state index contributed by atoms with van der Waals surface area (Å²) in [4.78, 5) is 6.57. The van der Waals surface area contributed by atoms with E-state index in [0.29, 0.717) is 19.0 Å². The fourth-order valence-electron chi connectivity index (χ4n) is 3.05. The molecule has 1 heterocycles. The molecular weight excluding hydrogens is 524 g/mol. The van der Waals surface area contributed by atoms with Crippen LogP contribution in [0.3, 0.4) is 0 Å². The Labute approximate surface area is 196 Å². The third kappa shape index (κ3) is 7.26. The Morgan fingerprint density at radius 2 is 1.43 bits per heavy atom. The SMILES string of the molecule is CN=C(NCc1ccc(N2CCSCC2)cc1)NCc1ccc(C(F)(F)F)cc1.I. The maximum atomic E-state index is 12.6. The lowest BCUT2D eigenvalue weighted by molar-refractivity contribution is -0.137. The average molecular weight is 550 g/mol. The lowest BCUT2D eigenvalue weighted by Crippen LogP contribution is -2.36. The lowest BCUT2D eigenvalue weighted by atomic mass is 10.1. The number of benzene rings is 2. The van der Waals surface area contributed by atoms with Crippen molar-refractivity contribution in [3.63, 3.8) is 0 Å². The third-order valence-electron chi connectivity index (χ3n) is 4.74. The molecule has 1 saturated heterocycles. The summed E-state index contributed by atoms with van der Waals surface area (Å²) in [6.45, 7) is 3.18. The number of guanidine groups is 1. The van der Waals surface area contributed by atoms with Crippen molar-refractivity contribution in [2.24, 2.45) is 4.99 Å². The van der Waals surface area contributed by atoms with E-state index in [-0.39, 0.29) is 24.0 Å². The maximum absolute atomic E-state index is 12.6. The maximum Gasteiger partial charge on any atom is 0.416 e. The number of hydrogen-bond donors (Lipinski definition) is 2. The second kappa shape index (κ2) is 11.7. The predicted molar refractivity (Wildman–Crippen MR) is 130 cm³/mol. The number of halogens is 4. The van der Waals surface area contributed by atoms with Crippen molar-refractivity contribution >= 4 is 47.4 Å². The normalized spacial score (nSPS) is 14.8. The van der Waals surface area contributed by atoms with Gasteiger partial charge in [0.1, 0.15) is 0 Å². The predicted octanol–water partition coefficient (Wildman–Crippen LogP) is 4.74. The minimum Gasteiger partial charge on any atom is -0.370 e. The minimum absolute atomic E-state index is 0. The molecule has 164 valence electrons. The highest BCUT2D eigenvalue weighted by atomic mass is 127. The van der Waals surface area contributed by atoms with E-state index in [1.54, 1.807) is 7.05 Å². The van der Waals surface area contributed by atoms with Crippen molar-refractivity contribution in [2.75, 3.05) is 36.5 Å². The van der Waals surface area contributed by atoms with Gasteiger partial charge < -0.3 is 15.5 Å². The van der Waals surface area contributed by atoms with Crippen LogP contribution in [0.1, 0.15) is 16.7 Å². The summed E-state index contributed by atoms with van der Waals surface area (Å²) in [6, 6.07) is 13.6. The van der Waals surface area contributed by atoms with E-state index in [0.717, 1.165) is 36.3 Å². The second-order valence-electron chi connectivity index (χ2n) is 6.74. The van der Waals surface area contributed by atoms with Gasteiger partial charge in [0.15, 0.2) is 5.96 Å². The first-order valence-corrected chi connectivity index (χ1v) is 10.6. The van der Waals surface area contributed by atoms with Gasteiger partial charge in [0, 0.05) is 50.4 Å². The number of hydrogen-bond acceptors (Lipinski definition) is 3. The number of thioether (sulfide) groups is 1. The molecule has 0 amide bonds. The number of nitrogens with zero attached hydrogens (tertiary/aromatic N) is 2. The molecule has 0 unspecified atom stereocenters. The molecule has 1 aliphatic rings. The molecule has 0 radical (unpaired) electrons. The number of aliphatic imine (C=N–C) groups is 1. The smallest absolute Gasteiger partial charge is 0.370 e. The molecular formula is C21H26F3IN4S. The Hall–Kier alpha value is -1.62. The highest BCUT2D eigenvalue weighted by molar-refractivity contribution is 14.0. The summed E-state index contributed by atoms with van der Waals surface area (Å²) in [5.41, 5.74) is 2.50. The summed E-state index contributed by atoms with van der Waals surface area (Å²) in [6.07, 6.45) is -4.31. The topological polar surface area (TPSA) is 39.7 Å². The molecule has 1 aliphatic heterocycles. The van der Waals surface area contributed by atoms with Crippen LogP contribution in [0.25, 0.3) is 0 Å². The van der Waals surface area contributed by atoms with E-state index < -0.39 is 11.7 Å². The molecule has 0 bridgehead atoms. The lowest BCUT2D eigenvalue weighted by Gasteiger charge is -2.28. The van der Waals surface area contributed by atoms with Crippen LogP contribution in [-0.4, -0.2) is 37.6 Å². The molecule has 2 aromatic carbocycles. The van der Waals surface area contributed by atoms with Crippen LogP contribution in [0.2, 0.25) is 0 Å². The summed E-state index contributed by atoms with van der Waals surface area (Å²) in [5.74, 6) is 2.94. The van der Waals surface area contributed by atoms with Gasteiger partial charge in [-0.15, -0.1) is 24.0 Å². The molecule has 9 heteroatoms. The Balaban J connectivity index is 0.00000320. The van der Waals surface area contributed by atoms with Crippen molar-refractivity contribution in [1.82, 2.24) is 10.6 Å². The number of alkyl halides is 3. The average Bonchev–Trinajstić information content (AvgIpc) is 2.74. The van der Waals surface area contributed by atoms with Crippen LogP contribution < -0.4 is 15.5 Å². The number of anilines is 1. The fraction of sp³-hybridized carbons (Fsp3) is 0.381. The monoisotopic (exact) mass is 550 g/mol. The summed E-state index contributed by atoms with van der Waals surface area (Å²) in [5, 5.41) is 6.36. The zero-order valence-electron chi connectivity index (χ0n) is 16.7. The van der Waals surface area contributed by atoms with Gasteiger partial charge in [0.25, 0.3) is 0 Å². The molecule has 2 aromatic rings. The van der Waals surface area contributed by atoms with Crippen molar-refractivity contribution in [3.8, 4) is 0 Å². The fourth-order valence-corrected chi connectivity index (χ4v) is 3.95. The summed E-state index contributed by atoms with van der Waals surface area (Å²) < 4.78 is 37.9. The van der Waals surface area contributed by atoms with Gasteiger partial charge in [-0.05, 0) is 35.4 Å². The van der Waals surface area contributed by atoms with Crippen LogP contribution in [0.15, 0.2) is 53.5 Å². The molecule has 30 heavy (non-hydrogen) atoms. The molecule has 4 nitrogen and oxygen atoms in total. The first-order chi connectivity index (χ1) is 14.0. The Kier molecular flexibility index (Phi) is 9.60. The van der Waals surface area contributed by atoms with Gasteiger partial charge in [-0.3, -0.25) is 4.99 Å². The number of rotatable bonds is 5. The van der Waals surface area contributed by atoms with Gasteiger partial charge in [0.05, 0.1) is 5.56 Å². The van der Waals surface area contributed by atoms with Crippen molar-refractivity contribution in [2.45, 2.75) is 19.3 Å². The second-order valence-corrected chi connectivity index (χ2v) is 7.96. The zero-order chi connectivity index (χ0) is 20.7. The van der Waals surface area contributed by atoms with E-state index in [2.05, 4.69) is 44.8 Å². The van der Waals surface area contributed by atoms with E-state index in [4.69, 9.17) is 0 Å². The minimum atomic E-state index is -4.31. The van der Waals surface area contributed by atoms with Gasteiger partial charge in [-0.25, -0.2) is 0 Å². The van der Waals surface area contributed by atoms with Crippen LogP contribution >= 0.6 is 35.7 Å². The van der Waals surface area contributed by atoms with Crippen LogP contribution in [0.5, 0.6) is 0 Å². The largest absolute Gasteiger partial charge is 0.416 e. The van der Waals surface area contributed by atoms with Crippen molar-refractivity contribution in [3.05, 3.63) is 65.2 Å². The first-order valence-electron chi connectivity index (χ1n) is 9.48. The van der Waals surface area contributed by atoms with Gasteiger partial charge >= 0.3 is 6.18 Å². The van der Waals surface area contributed by atoms with Gasteiger partial charge in [-0.1, -0.05) is 24.3 Å². The molecule has 1 fully saturated rings. The van der Waals surface area contributed by atoms with E-state index in [9.17, 15) is 13.2 Å². The molecule has 0 aliphatic carbocycles. The molecule has 2 N–H and O–H groups in total. The van der Waals surface area contributed by atoms with E-state index in [1.165, 1.54) is 29.3 Å². The first kappa shape index (κ1) is 24.6. The van der Waals surface area contributed by atoms with E-state index >= 15 is 0 Å². The van der Waals surface area contributed by atoms with Crippen molar-refractivity contribution < 1.29 is 13.2 Å². The summed E-state index contributed by atoms with van der Waals surface area (Å²) >= 11 is 1.99. The molecule has 0 saturated carbocycles. The quantitative estimate of drug-likeness (QED) is 0.321. The standard InChI is InChI=1S/C21H25F3N4S.HI/c1-25-20(26-14-16-2-6-18(7-3-16)21(22,23)24)27-15-17-4-8-19(9-5-17)28-10-12-29-13-11-28;/h2-9H,10-15H2,1H3,(H2,25,26,27);1H. The van der Waals surface area contributed by atoms with Crippen molar-refractivity contribution in [1.29, 1.82) is 0 Å². The van der Waals surface area contributed by atoms with E-state index in [1.807, 2.05) is 11.8 Å². The number of nitrogens with one attached hydrogen (secondary N) is 2. The molecule has 3 rings (SSSR count). The Morgan fingerprint density at radius 3 is 1.90 bits per heavy atom. The van der Waals surface area contributed by atoms with Crippen LogP contribution in [0, 0.1) is 0 Å². The Bertz CT molecular complexity index is 804. The molecule has 0 aromatic heterocycles. The van der Waals surface area contributed by atoms with Gasteiger partial charge in [-0.2, -0.15) is 24.9 Å². The third-order valence-corrected chi connectivity index (χ3v) is 5.68. The Morgan fingerprint density at radius 1 is 0.933 bits per heavy atom. The molecule has 0 atom stereocenters. The summed E-state index contributed by atoms with van der Waals surface area (Å²) in [7, 11) is 1.67. The van der Waals surface area contributed by atoms with Crippen LogP contribution in [-0.2, 0) is 19.3 Å². The zero-order valence-corrected chi connectivity index (χ0v) is 19.9. The van der Waals surface area contributed by atoms with Gasteiger partial charge in [0.2, 0.25) is 0 Å². The van der Waals surface area contributed by atoms with Crippen LogP contribution in [0.4, 0.5) is 18.9 Å². The highest BCUT2D eigenvalue weighted by Crippen LogP contribution is 2.29. The molecule has 0 spiro atoms.